The van der Waals surface area contributed by atoms with E-state index in [1.807, 2.05) is 0 Å². The molecule has 108 valence electrons. The van der Waals surface area contributed by atoms with Crippen LogP contribution in [0.5, 0.6) is 17.2 Å². The number of anilines is 1. The minimum atomic E-state index is 0.386. The number of hydrogen-bond acceptors (Lipinski definition) is 6. The first-order valence-electron chi connectivity index (χ1n) is 5.94. The average Bonchev–Trinajstić information content (AvgIpc) is 2.43. The minimum absolute atomic E-state index is 0.386. The molecule has 0 aromatic heterocycles. The van der Waals surface area contributed by atoms with E-state index in [-0.39, 0.29) is 0 Å². The van der Waals surface area contributed by atoms with Crippen LogP contribution in [-0.2, 0) is 9.47 Å². The van der Waals surface area contributed by atoms with E-state index in [4.69, 9.17) is 29.4 Å². The lowest BCUT2D eigenvalue weighted by Crippen LogP contribution is -2.11. The Morgan fingerprint density at radius 3 is 2.32 bits per heavy atom. The lowest BCUT2D eigenvalue weighted by molar-refractivity contribution is 0.0541. The molecule has 0 spiro atoms. The lowest BCUT2D eigenvalue weighted by atomic mass is 10.2. The topological polar surface area (TPSA) is 72.2 Å². The summed E-state index contributed by atoms with van der Waals surface area (Å²) in [6.07, 6.45) is 0. The Morgan fingerprint density at radius 2 is 1.68 bits per heavy atom. The molecule has 6 nitrogen and oxygen atoms in total. The predicted molar refractivity (Wildman–Crippen MR) is 72.1 cm³/mol. The third-order valence-corrected chi connectivity index (χ3v) is 2.42. The van der Waals surface area contributed by atoms with Crippen LogP contribution in [0.15, 0.2) is 12.1 Å². The summed E-state index contributed by atoms with van der Waals surface area (Å²) in [5.74, 6) is 1.66. The molecule has 0 unspecified atom stereocenters. The molecule has 0 bridgehead atoms. The van der Waals surface area contributed by atoms with Crippen molar-refractivity contribution in [1.82, 2.24) is 0 Å². The van der Waals surface area contributed by atoms with Crippen molar-refractivity contribution in [2.45, 2.75) is 0 Å². The maximum absolute atomic E-state index is 5.89. The van der Waals surface area contributed by atoms with Gasteiger partial charge < -0.3 is 29.4 Å². The molecule has 0 saturated heterocycles. The summed E-state index contributed by atoms with van der Waals surface area (Å²) < 4.78 is 26.1. The van der Waals surface area contributed by atoms with Gasteiger partial charge in [-0.2, -0.15) is 0 Å². The standard InChI is InChI=1S/C13H21NO5/c1-15-4-5-18-6-7-19-13-11(14)8-10(16-2)9-12(13)17-3/h8-9H,4-7,14H2,1-3H3. The Kier molecular flexibility index (Phi) is 6.84. The van der Waals surface area contributed by atoms with Crippen molar-refractivity contribution in [1.29, 1.82) is 0 Å². The van der Waals surface area contributed by atoms with Gasteiger partial charge in [0.1, 0.15) is 12.4 Å². The Hall–Kier alpha value is -1.66. The highest BCUT2D eigenvalue weighted by atomic mass is 16.5. The number of rotatable bonds is 9. The SMILES string of the molecule is COCCOCCOc1c(N)cc(OC)cc1OC. The van der Waals surface area contributed by atoms with Crippen molar-refractivity contribution in [3.63, 3.8) is 0 Å². The summed E-state index contributed by atoms with van der Waals surface area (Å²) in [7, 11) is 4.75. The number of hydrogen-bond donors (Lipinski definition) is 1. The Bertz CT molecular complexity index is 384. The second kappa shape index (κ2) is 8.44. The van der Waals surface area contributed by atoms with E-state index in [0.717, 1.165) is 0 Å². The third-order valence-electron chi connectivity index (χ3n) is 2.42. The molecule has 19 heavy (non-hydrogen) atoms. The van der Waals surface area contributed by atoms with Crippen LogP contribution in [0, 0.1) is 0 Å². The van der Waals surface area contributed by atoms with Crippen molar-refractivity contribution < 1.29 is 23.7 Å². The maximum atomic E-state index is 5.89. The van der Waals surface area contributed by atoms with Gasteiger partial charge >= 0.3 is 0 Å². The highest BCUT2D eigenvalue weighted by Crippen LogP contribution is 2.37. The zero-order chi connectivity index (χ0) is 14.1. The van der Waals surface area contributed by atoms with Crippen LogP contribution in [0.4, 0.5) is 5.69 Å². The predicted octanol–water partition coefficient (Wildman–Crippen LogP) is 1.33. The Morgan fingerprint density at radius 1 is 0.947 bits per heavy atom. The summed E-state index contributed by atoms with van der Waals surface area (Å²) in [5, 5.41) is 0. The fourth-order valence-corrected chi connectivity index (χ4v) is 1.47. The highest BCUT2D eigenvalue weighted by molar-refractivity contribution is 5.63. The molecule has 0 radical (unpaired) electrons. The van der Waals surface area contributed by atoms with E-state index in [0.29, 0.717) is 49.4 Å². The van der Waals surface area contributed by atoms with Crippen LogP contribution in [0.1, 0.15) is 0 Å². The van der Waals surface area contributed by atoms with Crippen LogP contribution in [0.2, 0.25) is 0 Å². The molecule has 0 aliphatic carbocycles. The monoisotopic (exact) mass is 271 g/mol. The molecular weight excluding hydrogens is 250 g/mol. The van der Waals surface area contributed by atoms with Crippen LogP contribution < -0.4 is 19.9 Å². The number of nitrogens with two attached hydrogens (primary N) is 1. The second-order valence-electron chi connectivity index (χ2n) is 3.70. The molecule has 0 amide bonds. The van der Waals surface area contributed by atoms with E-state index in [9.17, 15) is 0 Å². The van der Waals surface area contributed by atoms with E-state index in [2.05, 4.69) is 0 Å². The van der Waals surface area contributed by atoms with Gasteiger partial charge in [-0.05, 0) is 0 Å². The van der Waals surface area contributed by atoms with Gasteiger partial charge in [-0.15, -0.1) is 0 Å². The lowest BCUT2D eigenvalue weighted by Gasteiger charge is -2.14. The largest absolute Gasteiger partial charge is 0.497 e. The maximum Gasteiger partial charge on any atom is 0.184 e. The van der Waals surface area contributed by atoms with Crippen molar-refractivity contribution in [3.8, 4) is 17.2 Å². The van der Waals surface area contributed by atoms with Crippen LogP contribution in [-0.4, -0.2) is 47.8 Å². The molecule has 1 rings (SSSR count). The summed E-state index contributed by atoms with van der Waals surface area (Å²) in [4.78, 5) is 0. The van der Waals surface area contributed by atoms with Crippen molar-refractivity contribution >= 4 is 5.69 Å². The number of methoxy groups -OCH3 is 3. The molecular formula is C13H21NO5. The van der Waals surface area contributed by atoms with Gasteiger partial charge in [-0.1, -0.05) is 0 Å². The van der Waals surface area contributed by atoms with E-state index >= 15 is 0 Å². The molecule has 0 atom stereocenters. The first-order valence-corrected chi connectivity index (χ1v) is 5.94. The molecule has 0 fully saturated rings. The zero-order valence-corrected chi connectivity index (χ0v) is 11.6. The van der Waals surface area contributed by atoms with Crippen LogP contribution >= 0.6 is 0 Å². The smallest absolute Gasteiger partial charge is 0.184 e. The van der Waals surface area contributed by atoms with E-state index in [1.165, 1.54) is 0 Å². The molecule has 0 aliphatic rings. The van der Waals surface area contributed by atoms with Gasteiger partial charge in [-0.25, -0.2) is 0 Å². The molecule has 6 heteroatoms. The van der Waals surface area contributed by atoms with Gasteiger partial charge in [0.25, 0.3) is 0 Å². The Labute approximate surface area is 113 Å². The van der Waals surface area contributed by atoms with Crippen molar-refractivity contribution in [3.05, 3.63) is 12.1 Å². The summed E-state index contributed by atoms with van der Waals surface area (Å²) in [6.45, 7) is 1.94. The minimum Gasteiger partial charge on any atom is -0.497 e. The number of ether oxygens (including phenoxy) is 5. The van der Waals surface area contributed by atoms with Crippen molar-refractivity contribution in [2.75, 3.05) is 53.5 Å². The first-order chi connectivity index (χ1) is 9.22. The van der Waals surface area contributed by atoms with Crippen LogP contribution in [0.25, 0.3) is 0 Å². The van der Waals surface area contributed by atoms with Gasteiger partial charge in [-0.3, -0.25) is 0 Å². The summed E-state index contributed by atoms with van der Waals surface area (Å²) in [6, 6.07) is 3.40. The van der Waals surface area contributed by atoms with Crippen molar-refractivity contribution in [2.24, 2.45) is 0 Å². The second-order valence-corrected chi connectivity index (χ2v) is 3.70. The van der Waals surface area contributed by atoms with Gasteiger partial charge in [0, 0.05) is 19.2 Å². The molecule has 2 N–H and O–H groups in total. The fraction of sp³-hybridized carbons (Fsp3) is 0.538. The number of benzene rings is 1. The van der Waals surface area contributed by atoms with E-state index < -0.39 is 0 Å². The Balaban J connectivity index is 2.52. The molecule has 0 saturated carbocycles. The molecule has 0 aliphatic heterocycles. The molecule has 1 aromatic carbocycles. The van der Waals surface area contributed by atoms with Gasteiger partial charge in [0.2, 0.25) is 0 Å². The quantitative estimate of drug-likeness (QED) is 0.539. The molecule has 0 heterocycles. The van der Waals surface area contributed by atoms with Crippen LogP contribution in [0.3, 0.4) is 0 Å². The van der Waals surface area contributed by atoms with E-state index in [1.54, 1.807) is 33.5 Å². The highest BCUT2D eigenvalue weighted by Gasteiger charge is 2.11. The third kappa shape index (κ3) is 4.84. The average molecular weight is 271 g/mol. The number of nitrogen functional groups attached to an aromatic ring is 1. The molecule has 1 aromatic rings. The fourth-order valence-electron chi connectivity index (χ4n) is 1.47. The summed E-state index contributed by atoms with van der Waals surface area (Å²) in [5.41, 5.74) is 6.36. The van der Waals surface area contributed by atoms with Gasteiger partial charge in [0.05, 0.1) is 39.7 Å². The normalized spacial score (nSPS) is 10.3. The summed E-state index contributed by atoms with van der Waals surface area (Å²) >= 11 is 0. The zero-order valence-electron chi connectivity index (χ0n) is 11.6. The van der Waals surface area contributed by atoms with Gasteiger partial charge in [0.15, 0.2) is 11.5 Å². The first kappa shape index (κ1) is 15.4.